The molecule has 4 rings (SSSR count). The van der Waals surface area contributed by atoms with Gasteiger partial charge in [-0.15, -0.1) is 0 Å². The molecule has 4 aromatic rings. The zero-order valence-corrected chi connectivity index (χ0v) is 16.9. The summed E-state index contributed by atoms with van der Waals surface area (Å²) in [5.74, 6) is 0.271. The molecule has 28 heavy (non-hydrogen) atoms. The van der Waals surface area contributed by atoms with E-state index in [4.69, 9.17) is 20.8 Å². The number of hydrogen-bond donors (Lipinski definition) is 2. The average molecular weight is 466 g/mol. The number of H-pyrrole nitrogens is 1. The van der Waals surface area contributed by atoms with Crippen molar-refractivity contribution < 1.29 is 13.9 Å². The molecule has 0 fully saturated rings. The van der Waals surface area contributed by atoms with E-state index in [1.807, 2.05) is 6.07 Å². The zero-order chi connectivity index (χ0) is 19.8. The third-order valence-electron chi connectivity index (χ3n) is 4.19. The van der Waals surface area contributed by atoms with Gasteiger partial charge in [-0.25, -0.2) is 9.78 Å². The van der Waals surface area contributed by atoms with Crippen LogP contribution in [-0.4, -0.2) is 27.6 Å². The van der Waals surface area contributed by atoms with Crippen molar-refractivity contribution in [2.24, 2.45) is 0 Å². The molecule has 2 heterocycles. The van der Waals surface area contributed by atoms with E-state index in [2.05, 4.69) is 31.2 Å². The molecule has 0 saturated carbocycles. The van der Waals surface area contributed by atoms with E-state index in [1.165, 1.54) is 4.57 Å². The van der Waals surface area contributed by atoms with Gasteiger partial charge in [0.1, 0.15) is 18.1 Å². The van der Waals surface area contributed by atoms with Gasteiger partial charge in [-0.1, -0.05) is 11.6 Å². The van der Waals surface area contributed by atoms with Crippen molar-refractivity contribution in [2.45, 2.75) is 13.1 Å². The van der Waals surface area contributed by atoms with E-state index in [1.54, 1.807) is 31.4 Å². The number of carbonyl (C=O) groups excluding carboxylic acids is 1. The van der Waals surface area contributed by atoms with Gasteiger partial charge in [0.25, 0.3) is 0 Å². The molecule has 0 aliphatic rings. The number of hydrogen-bond acceptors (Lipinski definition) is 5. The maximum Gasteiger partial charge on any atom is 0.420 e. The van der Waals surface area contributed by atoms with E-state index in [0.717, 1.165) is 15.5 Å². The first kappa shape index (κ1) is 18.6. The molecule has 0 radical (unpaired) electrons. The third kappa shape index (κ3) is 3.50. The summed E-state index contributed by atoms with van der Waals surface area (Å²) in [6.07, 6.45) is 0. The first-order chi connectivity index (χ1) is 13.4. The van der Waals surface area contributed by atoms with Crippen LogP contribution in [0.15, 0.2) is 44.0 Å². The lowest BCUT2D eigenvalue weighted by atomic mass is 10.3. The number of rotatable bonds is 5. The zero-order valence-electron chi connectivity index (χ0n) is 14.6. The molecular formula is C18H14BrClN4O4. The topological polar surface area (TPSA) is 102 Å². The molecule has 8 nitrogen and oxygen atoms in total. The number of imidazole rings is 1. The number of nitrogens with one attached hydrogen (secondary N) is 2. The predicted molar refractivity (Wildman–Crippen MR) is 108 cm³/mol. The highest BCUT2D eigenvalue weighted by Gasteiger charge is 2.14. The number of fused-ring (bicyclic) bond motifs is 2. The Kier molecular flexibility index (Phi) is 4.86. The minimum Gasteiger partial charge on any atom is -0.495 e. The summed E-state index contributed by atoms with van der Waals surface area (Å²) >= 11 is 9.39. The minimum atomic E-state index is -0.618. The Hall–Kier alpha value is -2.78. The second-order valence-electron chi connectivity index (χ2n) is 6.03. The Balaban J connectivity index is 1.49. The average Bonchev–Trinajstić information content (AvgIpc) is 3.19. The van der Waals surface area contributed by atoms with Gasteiger partial charge in [-0.3, -0.25) is 9.36 Å². The molecule has 0 unspecified atom stereocenters. The first-order valence-corrected chi connectivity index (χ1v) is 9.39. The van der Waals surface area contributed by atoms with E-state index in [-0.39, 0.29) is 19.0 Å². The van der Waals surface area contributed by atoms with Gasteiger partial charge in [0.2, 0.25) is 5.91 Å². The Bertz CT molecular complexity index is 1260. The number of aromatic amines is 1. The fourth-order valence-electron chi connectivity index (χ4n) is 2.87. The lowest BCUT2D eigenvalue weighted by Gasteiger charge is -2.04. The highest BCUT2D eigenvalue weighted by molar-refractivity contribution is 9.10. The summed E-state index contributed by atoms with van der Waals surface area (Å²) < 4.78 is 12.4. The van der Waals surface area contributed by atoms with Gasteiger partial charge in [0.05, 0.1) is 34.7 Å². The van der Waals surface area contributed by atoms with Crippen molar-refractivity contribution in [3.05, 3.63) is 56.2 Å². The lowest BCUT2D eigenvalue weighted by Crippen LogP contribution is -2.30. The fourth-order valence-corrected chi connectivity index (χ4v) is 3.54. The standard InChI is InChI=1S/C18H14BrClN4O4/c1-27-15-6-12-11(5-10(15)19)22-16(23-12)7-21-17(25)8-24-13-4-9(20)2-3-14(13)28-18(24)26/h2-6H,7-8H2,1H3,(H,21,25)(H,22,23). The van der Waals surface area contributed by atoms with Crippen molar-refractivity contribution in [1.82, 2.24) is 19.9 Å². The molecule has 144 valence electrons. The van der Waals surface area contributed by atoms with Crippen LogP contribution in [0.1, 0.15) is 5.82 Å². The van der Waals surface area contributed by atoms with Gasteiger partial charge in [-0.05, 0) is 40.2 Å². The number of aromatic nitrogens is 3. The van der Waals surface area contributed by atoms with Crippen LogP contribution in [0.25, 0.3) is 22.1 Å². The molecule has 10 heteroatoms. The van der Waals surface area contributed by atoms with Gasteiger partial charge in [0, 0.05) is 11.1 Å². The van der Waals surface area contributed by atoms with Gasteiger partial charge < -0.3 is 19.5 Å². The van der Waals surface area contributed by atoms with Crippen LogP contribution < -0.4 is 15.8 Å². The molecule has 0 spiro atoms. The summed E-state index contributed by atoms with van der Waals surface area (Å²) in [4.78, 5) is 31.9. The van der Waals surface area contributed by atoms with E-state index < -0.39 is 5.76 Å². The molecule has 0 atom stereocenters. The van der Waals surface area contributed by atoms with Crippen molar-refractivity contribution in [3.63, 3.8) is 0 Å². The molecule has 0 bridgehead atoms. The monoisotopic (exact) mass is 464 g/mol. The lowest BCUT2D eigenvalue weighted by molar-refractivity contribution is -0.121. The van der Waals surface area contributed by atoms with Crippen molar-refractivity contribution >= 4 is 55.6 Å². The molecule has 0 aliphatic carbocycles. The second-order valence-corrected chi connectivity index (χ2v) is 7.32. The molecule has 0 saturated heterocycles. The number of nitrogens with zero attached hydrogens (tertiary/aromatic N) is 2. The quantitative estimate of drug-likeness (QED) is 0.471. The number of halogens is 2. The maximum absolute atomic E-state index is 12.3. The molecule has 2 aromatic carbocycles. The maximum atomic E-state index is 12.3. The smallest absolute Gasteiger partial charge is 0.420 e. The summed E-state index contributed by atoms with van der Waals surface area (Å²) in [5.41, 5.74) is 2.37. The van der Waals surface area contributed by atoms with Crippen LogP contribution in [-0.2, 0) is 17.9 Å². The van der Waals surface area contributed by atoms with Crippen LogP contribution in [0, 0.1) is 0 Å². The third-order valence-corrected chi connectivity index (χ3v) is 5.04. The number of ether oxygens (including phenoxy) is 1. The number of oxazole rings is 1. The highest BCUT2D eigenvalue weighted by Crippen LogP contribution is 2.29. The SMILES string of the molecule is COc1cc2nc(CNC(=O)Cn3c(=O)oc4ccc(Cl)cc43)[nH]c2cc1Br. The van der Waals surface area contributed by atoms with Crippen molar-refractivity contribution in [2.75, 3.05) is 7.11 Å². The summed E-state index contributed by atoms with van der Waals surface area (Å²) in [6, 6.07) is 8.44. The predicted octanol–water partition coefficient (Wildman–Crippen LogP) is 3.21. The molecule has 2 aromatic heterocycles. The van der Waals surface area contributed by atoms with Gasteiger partial charge in [-0.2, -0.15) is 0 Å². The van der Waals surface area contributed by atoms with Crippen molar-refractivity contribution in [1.29, 1.82) is 0 Å². The highest BCUT2D eigenvalue weighted by atomic mass is 79.9. The Morgan fingerprint density at radius 1 is 1.39 bits per heavy atom. The van der Waals surface area contributed by atoms with Crippen LogP contribution in [0.5, 0.6) is 5.75 Å². The minimum absolute atomic E-state index is 0.179. The number of amides is 1. The Morgan fingerprint density at radius 2 is 2.21 bits per heavy atom. The summed E-state index contributed by atoms with van der Waals surface area (Å²) in [5, 5.41) is 3.19. The van der Waals surface area contributed by atoms with Crippen LogP contribution in [0.3, 0.4) is 0 Å². The number of benzene rings is 2. The van der Waals surface area contributed by atoms with E-state index in [9.17, 15) is 9.59 Å². The normalized spacial score (nSPS) is 11.2. The molecule has 0 aliphatic heterocycles. The number of carbonyl (C=O) groups is 1. The van der Waals surface area contributed by atoms with Crippen molar-refractivity contribution in [3.8, 4) is 5.75 Å². The second kappa shape index (κ2) is 7.33. The first-order valence-electron chi connectivity index (χ1n) is 8.22. The molecule has 1 amide bonds. The molecule has 2 N–H and O–H groups in total. The van der Waals surface area contributed by atoms with Crippen LogP contribution in [0.4, 0.5) is 0 Å². The Morgan fingerprint density at radius 3 is 3.00 bits per heavy atom. The fraction of sp³-hybridized carbons (Fsp3) is 0.167. The van der Waals surface area contributed by atoms with Gasteiger partial charge in [0.15, 0.2) is 5.58 Å². The largest absolute Gasteiger partial charge is 0.495 e. The summed E-state index contributed by atoms with van der Waals surface area (Å²) in [6.45, 7) is -0.00941. The summed E-state index contributed by atoms with van der Waals surface area (Å²) in [7, 11) is 1.58. The van der Waals surface area contributed by atoms with E-state index >= 15 is 0 Å². The van der Waals surface area contributed by atoms with Gasteiger partial charge >= 0.3 is 5.76 Å². The number of methoxy groups -OCH3 is 1. The van der Waals surface area contributed by atoms with Crippen LogP contribution >= 0.6 is 27.5 Å². The van der Waals surface area contributed by atoms with Crippen LogP contribution in [0.2, 0.25) is 5.02 Å². The Labute approximate surface area is 171 Å². The molecular weight excluding hydrogens is 452 g/mol. The van der Waals surface area contributed by atoms with E-state index in [0.29, 0.717) is 27.7 Å².